The lowest BCUT2D eigenvalue weighted by Crippen LogP contribution is -2.45. The van der Waals surface area contributed by atoms with Gasteiger partial charge in [-0.15, -0.1) is 11.3 Å². The first-order valence-electron chi connectivity index (χ1n) is 6.81. The number of nitrogens with one attached hydrogen (secondary N) is 1. The van der Waals surface area contributed by atoms with Gasteiger partial charge in [0.15, 0.2) is 6.10 Å². The van der Waals surface area contributed by atoms with Crippen molar-refractivity contribution < 1.29 is 19.1 Å². The molecule has 0 aliphatic heterocycles. The second-order valence-electron chi connectivity index (χ2n) is 5.34. The van der Waals surface area contributed by atoms with Crippen molar-refractivity contribution >= 4 is 29.2 Å². The number of primary amides is 1. The number of nitrogens with two attached hydrogens (primary N) is 1. The van der Waals surface area contributed by atoms with Crippen LogP contribution in [0.25, 0.3) is 0 Å². The highest BCUT2D eigenvalue weighted by molar-refractivity contribution is 7.14. The molecule has 0 spiro atoms. The Bertz CT molecular complexity index is 558. The number of urea groups is 1. The molecular formula is C14H18N2O4S. The van der Waals surface area contributed by atoms with Crippen LogP contribution >= 0.6 is 11.3 Å². The minimum atomic E-state index is -1.04. The molecule has 1 heterocycles. The largest absolute Gasteiger partial charge is 0.448 e. The number of fused-ring (bicyclic) bond motifs is 1. The Morgan fingerprint density at radius 2 is 2.05 bits per heavy atom. The molecule has 1 unspecified atom stereocenters. The number of ether oxygens (including phenoxy) is 1. The van der Waals surface area contributed by atoms with E-state index in [9.17, 15) is 14.4 Å². The lowest BCUT2D eigenvalue weighted by Gasteiger charge is -2.19. The van der Waals surface area contributed by atoms with E-state index >= 15 is 0 Å². The fourth-order valence-corrected chi connectivity index (χ4v) is 3.42. The van der Waals surface area contributed by atoms with E-state index in [1.807, 2.05) is 11.4 Å². The van der Waals surface area contributed by atoms with E-state index < -0.39 is 24.0 Å². The molecule has 0 radical (unpaired) electrons. The van der Waals surface area contributed by atoms with Crippen molar-refractivity contribution in [2.75, 3.05) is 0 Å². The Morgan fingerprint density at radius 3 is 2.62 bits per heavy atom. The van der Waals surface area contributed by atoms with Crippen molar-refractivity contribution in [3.8, 4) is 0 Å². The van der Waals surface area contributed by atoms with Crippen molar-refractivity contribution in [2.24, 2.45) is 11.7 Å². The van der Waals surface area contributed by atoms with Crippen LogP contribution in [0.1, 0.15) is 40.4 Å². The lowest BCUT2D eigenvalue weighted by atomic mass is 10.1. The van der Waals surface area contributed by atoms with Crippen LogP contribution in [0.4, 0.5) is 4.79 Å². The summed E-state index contributed by atoms with van der Waals surface area (Å²) in [5, 5.41) is 1.95. The van der Waals surface area contributed by atoms with Gasteiger partial charge < -0.3 is 10.5 Å². The SMILES string of the molecule is CC(C)C(OC(=O)c1cc2c(s1)CCC2)C(=O)NC(N)=O. The van der Waals surface area contributed by atoms with Crippen molar-refractivity contribution in [2.45, 2.75) is 39.2 Å². The second kappa shape index (κ2) is 6.26. The van der Waals surface area contributed by atoms with Gasteiger partial charge in [0.25, 0.3) is 5.91 Å². The molecule has 1 aromatic rings. The quantitative estimate of drug-likeness (QED) is 0.825. The topological polar surface area (TPSA) is 98.5 Å². The third-order valence-corrected chi connectivity index (χ3v) is 4.51. The Balaban J connectivity index is 2.07. The van der Waals surface area contributed by atoms with Gasteiger partial charge in [0.1, 0.15) is 4.88 Å². The molecule has 1 atom stereocenters. The number of carbonyl (C=O) groups is 3. The summed E-state index contributed by atoms with van der Waals surface area (Å²) in [6.07, 6.45) is 2.05. The Morgan fingerprint density at radius 1 is 1.33 bits per heavy atom. The molecule has 21 heavy (non-hydrogen) atoms. The molecule has 0 fully saturated rings. The summed E-state index contributed by atoms with van der Waals surface area (Å²) < 4.78 is 5.25. The summed E-state index contributed by atoms with van der Waals surface area (Å²) >= 11 is 1.41. The van der Waals surface area contributed by atoms with Gasteiger partial charge in [-0.05, 0) is 36.8 Å². The predicted molar refractivity (Wildman–Crippen MR) is 78.1 cm³/mol. The highest BCUT2D eigenvalue weighted by atomic mass is 32.1. The zero-order chi connectivity index (χ0) is 15.6. The van der Waals surface area contributed by atoms with E-state index in [-0.39, 0.29) is 5.92 Å². The molecular weight excluding hydrogens is 292 g/mol. The first kappa shape index (κ1) is 15.5. The fourth-order valence-electron chi connectivity index (χ4n) is 2.29. The van der Waals surface area contributed by atoms with Crippen LogP contribution in [0.5, 0.6) is 0 Å². The number of hydrogen-bond donors (Lipinski definition) is 2. The standard InChI is InChI=1S/C14H18N2O4S/c1-7(2)11(12(17)16-14(15)19)20-13(18)10-6-8-4-3-5-9(8)21-10/h6-7,11H,3-5H2,1-2H3,(H3,15,16,17,19). The van der Waals surface area contributed by atoms with Crippen LogP contribution < -0.4 is 11.1 Å². The molecule has 3 N–H and O–H groups in total. The molecule has 0 saturated heterocycles. The lowest BCUT2D eigenvalue weighted by molar-refractivity contribution is -0.130. The third kappa shape index (κ3) is 3.60. The molecule has 7 heteroatoms. The molecule has 1 aliphatic carbocycles. The molecule has 1 aromatic heterocycles. The van der Waals surface area contributed by atoms with Gasteiger partial charge in [-0.25, -0.2) is 9.59 Å². The summed E-state index contributed by atoms with van der Waals surface area (Å²) in [4.78, 5) is 36.4. The number of esters is 1. The van der Waals surface area contributed by atoms with Gasteiger partial charge in [0, 0.05) is 4.88 Å². The van der Waals surface area contributed by atoms with E-state index in [4.69, 9.17) is 10.5 Å². The van der Waals surface area contributed by atoms with Gasteiger partial charge in [0.05, 0.1) is 0 Å². The monoisotopic (exact) mass is 310 g/mol. The van der Waals surface area contributed by atoms with Crippen LogP contribution in [0.15, 0.2) is 6.07 Å². The summed E-state index contributed by atoms with van der Waals surface area (Å²) in [6.45, 7) is 3.46. The maximum Gasteiger partial charge on any atom is 0.349 e. The minimum Gasteiger partial charge on any atom is -0.448 e. The number of hydrogen-bond acceptors (Lipinski definition) is 5. The van der Waals surface area contributed by atoms with Crippen molar-refractivity contribution in [1.29, 1.82) is 0 Å². The van der Waals surface area contributed by atoms with Crippen molar-refractivity contribution in [3.63, 3.8) is 0 Å². The normalized spacial score (nSPS) is 14.6. The number of carbonyl (C=O) groups excluding carboxylic acids is 3. The highest BCUT2D eigenvalue weighted by Gasteiger charge is 2.29. The van der Waals surface area contributed by atoms with E-state index in [2.05, 4.69) is 0 Å². The third-order valence-electron chi connectivity index (χ3n) is 3.29. The van der Waals surface area contributed by atoms with E-state index in [0.717, 1.165) is 19.3 Å². The fraction of sp³-hybridized carbons (Fsp3) is 0.500. The number of thiophene rings is 1. The zero-order valence-corrected chi connectivity index (χ0v) is 12.8. The van der Waals surface area contributed by atoms with Gasteiger partial charge in [-0.2, -0.15) is 0 Å². The van der Waals surface area contributed by atoms with E-state index in [1.54, 1.807) is 13.8 Å². The van der Waals surface area contributed by atoms with Gasteiger partial charge in [-0.1, -0.05) is 13.8 Å². The van der Waals surface area contributed by atoms with E-state index in [1.165, 1.54) is 21.8 Å². The first-order chi connectivity index (χ1) is 9.88. The van der Waals surface area contributed by atoms with Gasteiger partial charge in [-0.3, -0.25) is 10.1 Å². The average molecular weight is 310 g/mol. The molecule has 1 aliphatic rings. The van der Waals surface area contributed by atoms with Gasteiger partial charge >= 0.3 is 12.0 Å². The number of rotatable bonds is 4. The molecule has 114 valence electrons. The summed E-state index contributed by atoms with van der Waals surface area (Å²) in [5.74, 6) is -1.50. The molecule has 0 saturated carbocycles. The summed E-state index contributed by atoms with van der Waals surface area (Å²) in [6, 6.07) is 0.871. The second-order valence-corrected chi connectivity index (χ2v) is 6.47. The summed E-state index contributed by atoms with van der Waals surface area (Å²) in [5.41, 5.74) is 6.10. The van der Waals surface area contributed by atoms with Crippen LogP contribution in [0.3, 0.4) is 0 Å². The predicted octanol–water partition coefficient (Wildman–Crippen LogP) is 1.61. The Labute approximate surface area is 126 Å². The maximum atomic E-state index is 12.1. The van der Waals surface area contributed by atoms with Crippen LogP contribution in [-0.4, -0.2) is 24.0 Å². The van der Waals surface area contributed by atoms with Gasteiger partial charge in [0.2, 0.25) is 0 Å². The molecule has 2 rings (SSSR count). The Kier molecular flexibility index (Phi) is 4.62. The number of imide groups is 1. The smallest absolute Gasteiger partial charge is 0.349 e. The number of aryl methyl sites for hydroxylation is 2. The molecule has 3 amide bonds. The zero-order valence-electron chi connectivity index (χ0n) is 12.0. The van der Waals surface area contributed by atoms with Crippen molar-refractivity contribution in [1.82, 2.24) is 5.32 Å². The minimum absolute atomic E-state index is 0.264. The number of amides is 3. The summed E-state index contributed by atoms with van der Waals surface area (Å²) in [7, 11) is 0. The maximum absolute atomic E-state index is 12.1. The van der Waals surface area contributed by atoms with E-state index in [0.29, 0.717) is 4.88 Å². The van der Waals surface area contributed by atoms with Crippen LogP contribution in [-0.2, 0) is 22.4 Å². The molecule has 6 nitrogen and oxygen atoms in total. The first-order valence-corrected chi connectivity index (χ1v) is 7.63. The van der Waals surface area contributed by atoms with Crippen molar-refractivity contribution in [3.05, 3.63) is 21.4 Å². The molecule has 0 aromatic carbocycles. The van der Waals surface area contributed by atoms with Crippen LogP contribution in [0.2, 0.25) is 0 Å². The molecule has 0 bridgehead atoms. The Hall–Kier alpha value is -1.89. The average Bonchev–Trinajstić information content (AvgIpc) is 2.94. The highest BCUT2D eigenvalue weighted by Crippen LogP contribution is 2.31. The van der Waals surface area contributed by atoms with Crippen LogP contribution in [0, 0.1) is 5.92 Å².